The number of aromatic nitrogens is 4. The summed E-state index contributed by atoms with van der Waals surface area (Å²) in [6, 6.07) is 7.36. The molecule has 0 radical (unpaired) electrons. The van der Waals surface area contributed by atoms with Gasteiger partial charge in [-0.25, -0.2) is 13.9 Å². The van der Waals surface area contributed by atoms with Crippen LogP contribution in [0.15, 0.2) is 41.5 Å². The Morgan fingerprint density at radius 1 is 1.22 bits per heavy atom. The van der Waals surface area contributed by atoms with E-state index < -0.39 is 0 Å². The molecule has 6 heteroatoms. The molecule has 0 aliphatic carbocycles. The number of ketones is 1. The van der Waals surface area contributed by atoms with Gasteiger partial charge in [-0.3, -0.25) is 4.79 Å². The second kappa shape index (κ2) is 5.72. The van der Waals surface area contributed by atoms with E-state index in [-0.39, 0.29) is 11.5 Å². The summed E-state index contributed by atoms with van der Waals surface area (Å²) in [6.07, 6.45) is 4.55. The molecule has 0 aliphatic heterocycles. The van der Waals surface area contributed by atoms with Gasteiger partial charge in [-0.1, -0.05) is 6.92 Å². The van der Waals surface area contributed by atoms with Gasteiger partial charge < -0.3 is 9.97 Å². The molecule has 2 N–H and O–H groups in total. The van der Waals surface area contributed by atoms with Crippen LogP contribution in [-0.2, 0) is 13.5 Å². The highest BCUT2D eigenvalue weighted by Gasteiger charge is 2.17. The molecule has 2 heterocycles. The van der Waals surface area contributed by atoms with Crippen LogP contribution in [0.25, 0.3) is 5.69 Å². The Labute approximate surface area is 133 Å². The summed E-state index contributed by atoms with van der Waals surface area (Å²) >= 11 is 0. The van der Waals surface area contributed by atoms with Crippen molar-refractivity contribution in [2.75, 3.05) is 0 Å². The largest absolute Gasteiger partial charge is 0.323 e. The van der Waals surface area contributed by atoms with E-state index in [4.69, 9.17) is 0 Å². The number of imidazole rings is 2. The maximum atomic E-state index is 12.6. The van der Waals surface area contributed by atoms with Gasteiger partial charge in [-0.05, 0) is 30.7 Å². The predicted octanol–water partition coefficient (Wildman–Crippen LogP) is 1.42. The van der Waals surface area contributed by atoms with Crippen LogP contribution in [0.4, 0.5) is 0 Å². The van der Waals surface area contributed by atoms with Crippen molar-refractivity contribution in [1.82, 2.24) is 14.5 Å². The van der Waals surface area contributed by atoms with E-state index >= 15 is 0 Å². The van der Waals surface area contributed by atoms with Gasteiger partial charge in [0.15, 0.2) is 0 Å². The molecule has 3 aromatic rings. The first kappa shape index (κ1) is 15.0. The van der Waals surface area contributed by atoms with E-state index in [0.717, 1.165) is 11.5 Å². The summed E-state index contributed by atoms with van der Waals surface area (Å²) in [7, 11) is 1.98. The number of benzene rings is 1. The molecule has 3 rings (SSSR count). The predicted molar refractivity (Wildman–Crippen MR) is 85.9 cm³/mol. The van der Waals surface area contributed by atoms with E-state index in [1.54, 1.807) is 12.1 Å². The zero-order chi connectivity index (χ0) is 16.6. The second-order valence-electron chi connectivity index (χ2n) is 5.49. The van der Waals surface area contributed by atoms with Crippen molar-refractivity contribution in [3.63, 3.8) is 0 Å². The lowest BCUT2D eigenvalue weighted by atomic mass is 10.1. The van der Waals surface area contributed by atoms with Crippen molar-refractivity contribution < 1.29 is 9.36 Å². The highest BCUT2D eigenvalue weighted by Crippen LogP contribution is 2.15. The number of nitrogens with zero attached hydrogens (tertiary/aromatic N) is 2. The number of carbonyl (C=O) groups excluding carboxylic acids is 1. The van der Waals surface area contributed by atoms with Crippen molar-refractivity contribution in [3.05, 3.63) is 69.9 Å². The Hall–Kier alpha value is -2.89. The summed E-state index contributed by atoms with van der Waals surface area (Å²) in [5.41, 5.74) is 2.16. The van der Waals surface area contributed by atoms with Crippen LogP contribution < -0.4 is 10.3 Å². The lowest BCUT2D eigenvalue weighted by Crippen LogP contribution is -2.29. The van der Waals surface area contributed by atoms with E-state index in [0.29, 0.717) is 23.4 Å². The summed E-state index contributed by atoms with van der Waals surface area (Å²) < 4.78 is 4.07. The van der Waals surface area contributed by atoms with Crippen LogP contribution in [0.5, 0.6) is 0 Å². The summed E-state index contributed by atoms with van der Waals surface area (Å²) in [4.78, 5) is 29.2. The minimum atomic E-state index is -0.350. The Kier molecular flexibility index (Phi) is 3.73. The van der Waals surface area contributed by atoms with E-state index in [1.807, 2.05) is 54.6 Å². The van der Waals surface area contributed by atoms with Crippen LogP contribution in [0.3, 0.4) is 0 Å². The fourth-order valence-electron chi connectivity index (χ4n) is 2.62. The summed E-state index contributed by atoms with van der Waals surface area (Å²) in [6.45, 7) is 3.92. The molecule has 23 heavy (non-hydrogen) atoms. The van der Waals surface area contributed by atoms with Gasteiger partial charge in [0.2, 0.25) is 5.78 Å². The number of aryl methyl sites for hydroxylation is 2. The van der Waals surface area contributed by atoms with Crippen molar-refractivity contribution in [3.8, 4) is 5.69 Å². The highest BCUT2D eigenvalue weighted by molar-refractivity contribution is 6.08. The number of carbonyl (C=O) groups is 1. The zero-order valence-electron chi connectivity index (χ0n) is 13.4. The molecule has 0 saturated heterocycles. The normalized spacial score (nSPS) is 10.9. The number of hydrogen-bond donors (Lipinski definition) is 2. The molecule has 0 fully saturated rings. The maximum Gasteiger partial charge on any atom is 0.323 e. The van der Waals surface area contributed by atoms with Crippen molar-refractivity contribution in [2.45, 2.75) is 20.3 Å². The van der Waals surface area contributed by atoms with Crippen LogP contribution in [0.2, 0.25) is 0 Å². The average Bonchev–Trinajstić information content (AvgIpc) is 3.10. The van der Waals surface area contributed by atoms with Gasteiger partial charge in [0.05, 0.1) is 7.05 Å². The quantitative estimate of drug-likeness (QED) is 0.565. The van der Waals surface area contributed by atoms with Gasteiger partial charge in [0, 0.05) is 18.2 Å². The third-order valence-corrected chi connectivity index (χ3v) is 4.09. The molecule has 0 spiro atoms. The van der Waals surface area contributed by atoms with Crippen LogP contribution in [0, 0.1) is 6.92 Å². The van der Waals surface area contributed by atoms with Crippen LogP contribution in [0.1, 0.15) is 34.5 Å². The van der Waals surface area contributed by atoms with E-state index in [9.17, 15) is 9.59 Å². The first-order valence-corrected chi connectivity index (χ1v) is 7.51. The lowest BCUT2D eigenvalue weighted by molar-refractivity contribution is -0.677. The minimum absolute atomic E-state index is 0.179. The fraction of sp³-hybridized carbons (Fsp3) is 0.235. The van der Waals surface area contributed by atoms with Crippen molar-refractivity contribution >= 4 is 5.78 Å². The molecule has 0 aliphatic rings. The monoisotopic (exact) mass is 311 g/mol. The first-order chi connectivity index (χ1) is 11.0. The van der Waals surface area contributed by atoms with Gasteiger partial charge >= 0.3 is 5.69 Å². The first-order valence-electron chi connectivity index (χ1n) is 7.51. The Balaban J connectivity index is 1.94. The Morgan fingerprint density at radius 3 is 2.48 bits per heavy atom. The average molecular weight is 311 g/mol. The van der Waals surface area contributed by atoms with Gasteiger partial charge in [-0.2, -0.15) is 0 Å². The van der Waals surface area contributed by atoms with Crippen LogP contribution in [-0.4, -0.2) is 20.3 Å². The third kappa shape index (κ3) is 2.63. The SMILES string of the molecule is CCc1[nH]c(=O)[nH]c1C(=O)c1ccc(-n2cc[n+](C)c2C)cc1. The second-order valence-corrected chi connectivity index (χ2v) is 5.49. The molecule has 6 nitrogen and oxygen atoms in total. The third-order valence-electron chi connectivity index (χ3n) is 4.09. The van der Waals surface area contributed by atoms with Crippen molar-refractivity contribution in [1.29, 1.82) is 0 Å². The minimum Gasteiger partial charge on any atom is -0.309 e. The Morgan fingerprint density at radius 2 is 1.91 bits per heavy atom. The molecule has 0 bridgehead atoms. The van der Waals surface area contributed by atoms with E-state index in [2.05, 4.69) is 9.97 Å². The number of rotatable bonds is 4. The number of aromatic amines is 2. The molecule has 0 amide bonds. The Bertz CT molecular complexity index is 913. The zero-order valence-corrected chi connectivity index (χ0v) is 13.4. The number of H-pyrrole nitrogens is 2. The number of hydrogen-bond acceptors (Lipinski definition) is 2. The molecule has 118 valence electrons. The molecule has 2 aromatic heterocycles. The van der Waals surface area contributed by atoms with E-state index in [1.165, 1.54) is 0 Å². The topological polar surface area (TPSA) is 74.5 Å². The van der Waals surface area contributed by atoms with Gasteiger partial charge in [0.1, 0.15) is 23.8 Å². The molecular weight excluding hydrogens is 292 g/mol. The van der Waals surface area contributed by atoms with Crippen LogP contribution >= 0.6 is 0 Å². The molecule has 0 saturated carbocycles. The maximum absolute atomic E-state index is 12.6. The molecule has 0 atom stereocenters. The summed E-state index contributed by atoms with van der Waals surface area (Å²) in [5.74, 6) is 0.911. The molecule has 1 aromatic carbocycles. The summed E-state index contributed by atoms with van der Waals surface area (Å²) in [5, 5.41) is 0. The smallest absolute Gasteiger partial charge is 0.309 e. The molecular formula is C17H19N4O2+. The fourth-order valence-corrected chi connectivity index (χ4v) is 2.62. The van der Waals surface area contributed by atoms with Gasteiger partial charge in [-0.15, -0.1) is 0 Å². The number of nitrogens with one attached hydrogen (secondary N) is 2. The highest BCUT2D eigenvalue weighted by atomic mass is 16.1. The standard InChI is InChI=1S/C17H18N4O2/c1-4-14-15(19-17(23)18-14)16(22)12-5-7-13(8-6-12)21-10-9-20(3)11(21)2/h5-10H,4H2,1-3H3,(H-,18,19,22,23)/p+1. The molecule has 0 unspecified atom stereocenters. The van der Waals surface area contributed by atoms with Crippen molar-refractivity contribution in [2.24, 2.45) is 7.05 Å². The lowest BCUT2D eigenvalue weighted by Gasteiger charge is -2.03. The van der Waals surface area contributed by atoms with Gasteiger partial charge in [0.25, 0.3) is 5.82 Å².